The molecule has 0 saturated heterocycles. The lowest BCUT2D eigenvalue weighted by Crippen LogP contribution is -2.35. The van der Waals surface area contributed by atoms with Crippen molar-refractivity contribution < 1.29 is 17.9 Å². The second-order valence-electron chi connectivity index (χ2n) is 11.3. The smallest absolute Gasteiger partial charge is 0.265 e. The Morgan fingerprint density at radius 3 is 2.26 bits per heavy atom. The van der Waals surface area contributed by atoms with E-state index in [2.05, 4.69) is 15.4 Å². The second-order valence-corrected chi connectivity index (χ2v) is 12.9. The number of pyridine rings is 1. The van der Waals surface area contributed by atoms with Crippen molar-refractivity contribution in [3.05, 3.63) is 131 Å². The number of hydrogen-bond donors (Lipinski definition) is 3. The van der Waals surface area contributed by atoms with Gasteiger partial charge in [0.2, 0.25) is 0 Å². The summed E-state index contributed by atoms with van der Waals surface area (Å²) in [5.74, 6) is 1.27. The largest absolute Gasteiger partial charge is 0.455 e. The van der Waals surface area contributed by atoms with Crippen molar-refractivity contribution in [3.8, 4) is 22.6 Å². The van der Waals surface area contributed by atoms with E-state index in [0.29, 0.717) is 67.4 Å². The molecule has 47 heavy (non-hydrogen) atoms. The number of aliphatic imine (C=N–C) groups is 1. The summed E-state index contributed by atoms with van der Waals surface area (Å²) in [6.45, 7) is 2.00. The highest BCUT2D eigenvalue weighted by Crippen LogP contribution is 2.49. The second kappa shape index (κ2) is 10.8. The summed E-state index contributed by atoms with van der Waals surface area (Å²) < 4.78 is 36.2. The predicted molar refractivity (Wildman–Crippen MR) is 184 cm³/mol. The lowest BCUT2D eigenvalue weighted by atomic mass is 9.80. The van der Waals surface area contributed by atoms with Crippen molar-refractivity contribution in [2.24, 2.45) is 4.99 Å². The fourth-order valence-corrected chi connectivity index (χ4v) is 7.32. The number of fused-ring (bicyclic) bond motifs is 3. The molecule has 6 aromatic rings. The van der Waals surface area contributed by atoms with Crippen LogP contribution in [0.1, 0.15) is 27.0 Å². The normalized spacial score (nSPS) is 14.0. The van der Waals surface area contributed by atoms with Gasteiger partial charge in [-0.1, -0.05) is 72.3 Å². The number of anilines is 3. The van der Waals surface area contributed by atoms with Crippen LogP contribution in [0.2, 0.25) is 0 Å². The minimum Gasteiger partial charge on any atom is -0.455 e. The summed E-state index contributed by atoms with van der Waals surface area (Å²) in [6.07, 6.45) is 0. The van der Waals surface area contributed by atoms with Crippen molar-refractivity contribution in [2.75, 3.05) is 17.7 Å². The van der Waals surface area contributed by atoms with Crippen molar-refractivity contribution in [1.82, 2.24) is 9.71 Å². The van der Waals surface area contributed by atoms with Crippen molar-refractivity contribution in [3.63, 3.8) is 0 Å². The summed E-state index contributed by atoms with van der Waals surface area (Å²) in [6, 6.07) is 32.9. The van der Waals surface area contributed by atoms with Crippen LogP contribution in [-0.4, -0.2) is 32.1 Å². The van der Waals surface area contributed by atoms with E-state index in [1.54, 1.807) is 37.4 Å². The monoisotopic (exact) mass is 637 g/mol. The molecule has 2 aliphatic rings. The molecular weight excluding hydrogens is 611 g/mol. The predicted octanol–water partition coefficient (Wildman–Crippen LogP) is 7.70. The molecule has 3 N–H and O–H groups in total. The third kappa shape index (κ3) is 4.69. The van der Waals surface area contributed by atoms with E-state index in [1.807, 2.05) is 79.7 Å². The first-order chi connectivity index (χ1) is 22.8. The summed E-state index contributed by atoms with van der Waals surface area (Å²) in [5.41, 5.74) is 5.63. The number of nitrogens with one attached hydrogen (secondary N) is 3. The molecule has 10 heteroatoms. The molecule has 9 nitrogen and oxygen atoms in total. The van der Waals surface area contributed by atoms with Crippen LogP contribution in [0.5, 0.6) is 11.5 Å². The fourth-order valence-electron chi connectivity index (χ4n) is 6.16. The van der Waals surface area contributed by atoms with Gasteiger partial charge < -0.3 is 15.4 Å². The molecule has 0 fully saturated rings. The number of carbonyl (C=O) groups is 1. The van der Waals surface area contributed by atoms with Gasteiger partial charge in [0.05, 0.1) is 22.5 Å². The Kier molecular flexibility index (Phi) is 6.55. The molecule has 230 valence electrons. The van der Waals surface area contributed by atoms with E-state index in [9.17, 15) is 13.2 Å². The van der Waals surface area contributed by atoms with Crippen LogP contribution in [-0.2, 0) is 10.0 Å². The summed E-state index contributed by atoms with van der Waals surface area (Å²) in [5, 5.41) is 7.13. The van der Waals surface area contributed by atoms with Crippen molar-refractivity contribution in [2.45, 2.75) is 11.8 Å². The first-order valence-corrected chi connectivity index (χ1v) is 16.4. The van der Waals surface area contributed by atoms with Gasteiger partial charge in [0.15, 0.2) is 17.4 Å². The van der Waals surface area contributed by atoms with Crippen LogP contribution in [0.25, 0.3) is 22.0 Å². The van der Waals surface area contributed by atoms with E-state index < -0.39 is 10.0 Å². The Hall–Kier alpha value is -6.00. The molecule has 0 amide bonds. The average Bonchev–Trinajstić information content (AvgIpc) is 3.08. The first-order valence-electron chi connectivity index (χ1n) is 15.0. The van der Waals surface area contributed by atoms with Crippen molar-refractivity contribution >= 4 is 55.4 Å². The van der Waals surface area contributed by atoms with Gasteiger partial charge in [0.1, 0.15) is 22.0 Å². The number of ether oxygens (including phenoxy) is 1. The average molecular weight is 638 g/mol. The quantitative estimate of drug-likeness (QED) is 0.171. The Morgan fingerprint density at radius 1 is 0.787 bits per heavy atom. The van der Waals surface area contributed by atoms with Crippen LogP contribution in [0.4, 0.5) is 22.9 Å². The first kappa shape index (κ1) is 28.5. The van der Waals surface area contributed by atoms with E-state index in [1.165, 1.54) is 6.07 Å². The van der Waals surface area contributed by atoms with Crippen LogP contribution in [0.15, 0.2) is 119 Å². The zero-order valence-electron chi connectivity index (χ0n) is 25.3. The maximum absolute atomic E-state index is 14.5. The molecule has 2 heterocycles. The highest BCUT2D eigenvalue weighted by atomic mass is 32.2. The van der Waals surface area contributed by atoms with Gasteiger partial charge in [0.25, 0.3) is 10.0 Å². The van der Waals surface area contributed by atoms with Gasteiger partial charge in [0, 0.05) is 35.3 Å². The fraction of sp³-hybridized carbons (Fsp3) is 0.0541. The molecule has 0 unspecified atom stereocenters. The summed E-state index contributed by atoms with van der Waals surface area (Å²) in [7, 11) is -2.25. The van der Waals surface area contributed by atoms with E-state index >= 15 is 0 Å². The number of aromatic nitrogens is 1. The van der Waals surface area contributed by atoms with E-state index in [-0.39, 0.29) is 16.5 Å². The van der Waals surface area contributed by atoms with Crippen molar-refractivity contribution in [1.29, 1.82) is 0 Å². The zero-order chi connectivity index (χ0) is 32.3. The molecule has 0 bridgehead atoms. The SMILES string of the molecule is CNc1nc2c(Oc3ccc(C)cc3)cc(Nc3ccccc3)c3c2c(c1C1=Nc2ccccc2S(=O)(=O)N1)-c1ccccc1C3=O. The number of rotatable bonds is 6. The molecule has 1 aliphatic heterocycles. The number of nitrogens with zero attached hydrogens (tertiary/aromatic N) is 2. The molecule has 0 radical (unpaired) electrons. The maximum Gasteiger partial charge on any atom is 0.265 e. The highest BCUT2D eigenvalue weighted by Gasteiger charge is 2.36. The number of benzene rings is 5. The van der Waals surface area contributed by atoms with Crippen LogP contribution >= 0.6 is 0 Å². The number of amidine groups is 1. The Bertz CT molecular complexity index is 2410. The number of para-hydroxylation sites is 2. The van der Waals surface area contributed by atoms with Gasteiger partial charge in [-0.15, -0.1) is 0 Å². The number of aryl methyl sites for hydroxylation is 1. The molecule has 0 saturated carbocycles. The third-order valence-corrected chi connectivity index (χ3v) is 9.67. The number of carbonyl (C=O) groups excluding carboxylic acids is 1. The summed E-state index contributed by atoms with van der Waals surface area (Å²) >= 11 is 0. The van der Waals surface area contributed by atoms with E-state index in [0.717, 1.165) is 11.3 Å². The Morgan fingerprint density at radius 2 is 1.49 bits per heavy atom. The lowest BCUT2D eigenvalue weighted by molar-refractivity contribution is 0.104. The van der Waals surface area contributed by atoms with Gasteiger partial charge in [-0.2, -0.15) is 0 Å². The molecule has 5 aromatic carbocycles. The summed E-state index contributed by atoms with van der Waals surface area (Å²) in [4.78, 5) is 24.3. The highest BCUT2D eigenvalue weighted by molar-refractivity contribution is 7.90. The molecule has 1 aliphatic carbocycles. The van der Waals surface area contributed by atoms with Gasteiger partial charge >= 0.3 is 0 Å². The van der Waals surface area contributed by atoms with Crippen LogP contribution < -0.4 is 20.1 Å². The number of ketones is 1. The molecule has 0 spiro atoms. The van der Waals surface area contributed by atoms with Crippen LogP contribution in [0.3, 0.4) is 0 Å². The van der Waals surface area contributed by atoms with Gasteiger partial charge in [-0.05, 0) is 48.9 Å². The van der Waals surface area contributed by atoms with Gasteiger partial charge in [-0.25, -0.2) is 18.4 Å². The Balaban J connectivity index is 1.50. The number of hydrogen-bond acceptors (Lipinski definition) is 8. The minimum atomic E-state index is -3.96. The lowest BCUT2D eigenvalue weighted by Gasteiger charge is -2.28. The molecule has 0 atom stereocenters. The van der Waals surface area contributed by atoms with E-state index in [4.69, 9.17) is 14.7 Å². The minimum absolute atomic E-state index is 0.0801. The maximum atomic E-state index is 14.5. The number of sulfonamides is 1. The molecule has 8 rings (SSSR count). The Labute approximate surface area is 271 Å². The molecular formula is C37H27N5O4S. The third-order valence-electron chi connectivity index (χ3n) is 8.29. The van der Waals surface area contributed by atoms with Crippen LogP contribution in [0, 0.1) is 6.92 Å². The van der Waals surface area contributed by atoms with Gasteiger partial charge in [-0.3, -0.25) is 9.52 Å². The topological polar surface area (TPSA) is 122 Å². The molecule has 1 aromatic heterocycles. The standard InChI is InChI=1S/C37H27N5O4S/c1-21-16-18-23(19-17-21)46-28-20-27(39-22-10-4-3-5-11-22)31-32-30(24-12-6-7-13-25(24)35(31)43)33(36(38-2)41-34(28)32)37-40-26-14-8-9-15-29(26)47(44,45)42-37/h3-20,39H,1-2H3,(H,38,41)(H,40,42). The zero-order valence-corrected chi connectivity index (χ0v) is 26.1.